The van der Waals surface area contributed by atoms with E-state index in [0.29, 0.717) is 12.0 Å². The molecule has 0 bridgehead atoms. The summed E-state index contributed by atoms with van der Waals surface area (Å²) in [7, 11) is 9.87. The van der Waals surface area contributed by atoms with E-state index in [4.69, 9.17) is 17.0 Å². The summed E-state index contributed by atoms with van der Waals surface area (Å²) in [6.45, 7) is 1.82. The van der Waals surface area contributed by atoms with Gasteiger partial charge >= 0.3 is 37.9 Å². The van der Waals surface area contributed by atoms with Crippen molar-refractivity contribution in [3.05, 3.63) is 29.3 Å². The van der Waals surface area contributed by atoms with Gasteiger partial charge in [-0.2, -0.15) is 0 Å². The third kappa shape index (κ3) is 5.07. The maximum absolute atomic E-state index is 12.5. The molecule has 1 fully saturated rings. The third-order valence-corrected chi connectivity index (χ3v) is 2.36. The minimum atomic E-state index is -0.826. The SMILES string of the molecule is Cc1cccc(C=NC2CC2F)c1O.[Cl][Zr][Cl]. The van der Waals surface area contributed by atoms with Gasteiger partial charge in [-0.3, -0.25) is 4.99 Å². The first kappa shape index (κ1) is 15.1. The number of phenols is 1. The molecule has 92 valence electrons. The summed E-state index contributed by atoms with van der Waals surface area (Å²) in [5.41, 5.74) is 1.46. The Balaban J connectivity index is 0.000000437. The maximum atomic E-state index is 12.5. The predicted molar refractivity (Wildman–Crippen MR) is 65.4 cm³/mol. The molecule has 0 heterocycles. The minimum absolute atomic E-state index is 0.185. The van der Waals surface area contributed by atoms with Crippen molar-refractivity contribution < 1.29 is 30.3 Å². The van der Waals surface area contributed by atoms with Gasteiger partial charge in [-0.15, -0.1) is 0 Å². The second-order valence-corrected chi connectivity index (χ2v) is 7.41. The Morgan fingerprint density at radius 2 is 2.12 bits per heavy atom. The number of benzene rings is 1. The van der Waals surface area contributed by atoms with Crippen molar-refractivity contribution >= 4 is 23.2 Å². The molecule has 0 aromatic heterocycles. The van der Waals surface area contributed by atoms with Crippen molar-refractivity contribution in [2.24, 2.45) is 4.99 Å². The molecule has 1 aromatic rings. The summed E-state index contributed by atoms with van der Waals surface area (Å²) >= 11 is -0.826. The molecule has 1 saturated carbocycles. The van der Waals surface area contributed by atoms with E-state index in [0.717, 1.165) is 5.56 Å². The van der Waals surface area contributed by atoms with Crippen LogP contribution >= 0.6 is 17.0 Å². The van der Waals surface area contributed by atoms with Gasteiger partial charge in [0.1, 0.15) is 11.9 Å². The van der Waals surface area contributed by atoms with E-state index in [2.05, 4.69) is 4.99 Å². The van der Waals surface area contributed by atoms with Crippen LogP contribution < -0.4 is 0 Å². The van der Waals surface area contributed by atoms with Crippen molar-refractivity contribution in [3.63, 3.8) is 0 Å². The van der Waals surface area contributed by atoms with Crippen LogP contribution in [0.25, 0.3) is 0 Å². The van der Waals surface area contributed by atoms with Crippen molar-refractivity contribution in [2.45, 2.75) is 25.6 Å². The first-order valence-electron chi connectivity index (χ1n) is 5.02. The summed E-state index contributed by atoms with van der Waals surface area (Å²) in [6.07, 6.45) is 1.29. The van der Waals surface area contributed by atoms with E-state index < -0.39 is 27.0 Å². The summed E-state index contributed by atoms with van der Waals surface area (Å²) in [5.74, 6) is 0.229. The number of phenolic OH excluding ortho intramolecular Hbond substituents is 1. The van der Waals surface area contributed by atoms with E-state index in [1.165, 1.54) is 0 Å². The van der Waals surface area contributed by atoms with Crippen LogP contribution in [-0.4, -0.2) is 23.5 Å². The second kappa shape index (κ2) is 7.50. The van der Waals surface area contributed by atoms with Gasteiger partial charge < -0.3 is 5.11 Å². The van der Waals surface area contributed by atoms with E-state index in [-0.39, 0.29) is 11.8 Å². The molecular formula is C11H12Cl2FNOZr. The van der Waals surface area contributed by atoms with E-state index in [1.807, 2.05) is 19.1 Å². The third-order valence-electron chi connectivity index (χ3n) is 2.36. The fourth-order valence-electron chi connectivity index (χ4n) is 1.27. The molecule has 1 N–H and O–H groups in total. The van der Waals surface area contributed by atoms with Crippen LogP contribution in [0.4, 0.5) is 4.39 Å². The van der Waals surface area contributed by atoms with Gasteiger partial charge in [0.2, 0.25) is 0 Å². The van der Waals surface area contributed by atoms with Gasteiger partial charge in [-0.05, 0) is 18.6 Å². The average Bonchev–Trinajstić information content (AvgIpc) is 2.98. The number of alkyl halides is 1. The number of para-hydroxylation sites is 1. The predicted octanol–water partition coefficient (Wildman–Crippen LogP) is 3.61. The Hall–Kier alpha value is 0.0831. The molecule has 2 nitrogen and oxygen atoms in total. The first-order chi connectivity index (χ1) is 8.10. The summed E-state index contributed by atoms with van der Waals surface area (Å²) in [4.78, 5) is 4.03. The monoisotopic (exact) mass is 353 g/mol. The average molecular weight is 355 g/mol. The molecule has 2 atom stereocenters. The quantitative estimate of drug-likeness (QED) is 0.808. The molecular weight excluding hydrogens is 343 g/mol. The normalized spacial score (nSPS) is 21.9. The van der Waals surface area contributed by atoms with Gasteiger partial charge in [0.25, 0.3) is 0 Å². The Labute approximate surface area is 119 Å². The zero-order valence-corrected chi connectivity index (χ0v) is 13.2. The summed E-state index contributed by atoms with van der Waals surface area (Å²) in [5, 5.41) is 9.61. The van der Waals surface area contributed by atoms with E-state index in [1.54, 1.807) is 12.3 Å². The van der Waals surface area contributed by atoms with Crippen LogP contribution in [0, 0.1) is 6.92 Å². The Bertz CT molecular complexity index is 403. The van der Waals surface area contributed by atoms with Gasteiger partial charge in [0, 0.05) is 18.2 Å². The fourth-order valence-corrected chi connectivity index (χ4v) is 1.27. The van der Waals surface area contributed by atoms with Crippen molar-refractivity contribution in [1.29, 1.82) is 0 Å². The zero-order chi connectivity index (χ0) is 12.8. The van der Waals surface area contributed by atoms with Crippen LogP contribution in [0.1, 0.15) is 17.5 Å². The van der Waals surface area contributed by atoms with Gasteiger partial charge in [0.05, 0.1) is 6.04 Å². The van der Waals surface area contributed by atoms with Gasteiger partial charge in [-0.25, -0.2) is 4.39 Å². The van der Waals surface area contributed by atoms with E-state index in [9.17, 15) is 9.50 Å². The number of hydrogen-bond acceptors (Lipinski definition) is 2. The van der Waals surface area contributed by atoms with Crippen molar-refractivity contribution in [2.75, 3.05) is 0 Å². The molecule has 2 rings (SSSR count). The number of nitrogens with zero attached hydrogens (tertiary/aromatic N) is 1. The molecule has 1 aromatic carbocycles. The molecule has 1 aliphatic carbocycles. The molecule has 0 spiro atoms. The number of hydrogen-bond donors (Lipinski definition) is 1. The standard InChI is InChI=1S/C11H12FNO.2ClH.Zr/c1-7-3-2-4-8(11(7)14)6-13-10-5-9(10)12;;;/h2-4,6,9-10,14H,5H2,1H3;2*1H;/q;;;+2/p-2. The van der Waals surface area contributed by atoms with Gasteiger partial charge in [-0.1, -0.05) is 12.1 Å². The molecule has 2 unspecified atom stereocenters. The van der Waals surface area contributed by atoms with Crippen LogP contribution in [0.15, 0.2) is 23.2 Å². The molecule has 0 radical (unpaired) electrons. The molecule has 0 amide bonds. The van der Waals surface area contributed by atoms with Crippen molar-refractivity contribution in [3.8, 4) is 5.75 Å². The summed E-state index contributed by atoms with van der Waals surface area (Å²) in [6, 6.07) is 5.24. The van der Waals surface area contributed by atoms with Gasteiger partial charge in [0.15, 0.2) is 0 Å². The topological polar surface area (TPSA) is 32.6 Å². The number of rotatable bonds is 2. The van der Waals surface area contributed by atoms with E-state index >= 15 is 0 Å². The first-order valence-corrected chi connectivity index (χ1v) is 11.3. The molecule has 1 aliphatic rings. The van der Waals surface area contributed by atoms with Crippen LogP contribution in [0.5, 0.6) is 5.75 Å². The number of aliphatic imine (C=N–C) groups is 1. The number of halogens is 3. The fraction of sp³-hybridized carbons (Fsp3) is 0.364. The Morgan fingerprint density at radius 3 is 2.65 bits per heavy atom. The van der Waals surface area contributed by atoms with Crippen LogP contribution in [0.3, 0.4) is 0 Å². The molecule has 6 heteroatoms. The van der Waals surface area contributed by atoms with Crippen molar-refractivity contribution in [1.82, 2.24) is 0 Å². The molecule has 0 saturated heterocycles. The number of aromatic hydroxyl groups is 1. The summed E-state index contributed by atoms with van der Waals surface area (Å²) < 4.78 is 12.5. The number of aryl methyl sites for hydroxylation is 1. The molecule has 0 aliphatic heterocycles. The molecule has 17 heavy (non-hydrogen) atoms. The second-order valence-electron chi connectivity index (χ2n) is 3.68. The zero-order valence-electron chi connectivity index (χ0n) is 9.20. The Morgan fingerprint density at radius 1 is 1.53 bits per heavy atom. The van der Waals surface area contributed by atoms with Crippen LogP contribution in [0.2, 0.25) is 0 Å². The van der Waals surface area contributed by atoms with Crippen LogP contribution in [-0.2, 0) is 20.8 Å². The Kier molecular flexibility index (Phi) is 6.68.